The van der Waals surface area contributed by atoms with Crippen molar-refractivity contribution < 1.29 is 26.7 Å². The monoisotopic (exact) mass is 466 g/mol. The van der Waals surface area contributed by atoms with Gasteiger partial charge in [0, 0.05) is 30.2 Å². The molecule has 4 aromatic carbocycles. The van der Waals surface area contributed by atoms with Crippen LogP contribution in [0.1, 0.15) is 23.1 Å². The fourth-order valence-corrected chi connectivity index (χ4v) is 3.71. The predicted molar refractivity (Wildman–Crippen MR) is 122 cm³/mol. The van der Waals surface area contributed by atoms with Crippen LogP contribution in [0.4, 0.5) is 22.0 Å². The van der Waals surface area contributed by atoms with E-state index < -0.39 is 29.1 Å². The summed E-state index contributed by atoms with van der Waals surface area (Å²) in [6.07, 6.45) is 1.18. The van der Waals surface area contributed by atoms with Crippen LogP contribution in [0, 0.1) is 40.9 Å². The van der Waals surface area contributed by atoms with Gasteiger partial charge in [-0.1, -0.05) is 30.0 Å². The van der Waals surface area contributed by atoms with Gasteiger partial charge in [0.25, 0.3) is 0 Å². The molecule has 0 heterocycles. The highest BCUT2D eigenvalue weighted by Crippen LogP contribution is 2.28. The number of hydrogen-bond donors (Lipinski definition) is 0. The van der Waals surface area contributed by atoms with Crippen molar-refractivity contribution in [3.63, 3.8) is 0 Å². The lowest BCUT2D eigenvalue weighted by molar-refractivity contribution is 0.195. The average molecular weight is 466 g/mol. The van der Waals surface area contributed by atoms with Crippen LogP contribution < -0.4 is 0 Å². The van der Waals surface area contributed by atoms with Crippen molar-refractivity contribution in [2.75, 3.05) is 13.7 Å². The summed E-state index contributed by atoms with van der Waals surface area (Å²) in [5.74, 6) is 0.466. The molecular weight excluding hydrogens is 447 g/mol. The minimum atomic E-state index is -1.51. The molecule has 0 atom stereocenters. The topological polar surface area (TPSA) is 9.23 Å². The lowest BCUT2D eigenvalue weighted by Gasteiger charge is -2.09. The molecule has 0 bridgehead atoms. The third-order valence-corrected chi connectivity index (χ3v) is 5.41. The Morgan fingerprint density at radius 2 is 1.35 bits per heavy atom. The van der Waals surface area contributed by atoms with E-state index in [-0.39, 0.29) is 16.3 Å². The van der Waals surface area contributed by atoms with Gasteiger partial charge in [-0.3, -0.25) is 0 Å². The molecule has 0 fully saturated rings. The molecule has 0 aliphatic rings. The van der Waals surface area contributed by atoms with E-state index in [4.69, 9.17) is 4.74 Å². The third kappa shape index (κ3) is 4.95. The minimum absolute atomic E-state index is 0.0393. The van der Waals surface area contributed by atoms with E-state index in [9.17, 15) is 22.0 Å². The quantitative estimate of drug-likeness (QED) is 0.131. The van der Waals surface area contributed by atoms with E-state index >= 15 is 0 Å². The van der Waals surface area contributed by atoms with Crippen LogP contribution in [0.5, 0.6) is 0 Å². The van der Waals surface area contributed by atoms with Gasteiger partial charge in [0.2, 0.25) is 0 Å². The maximum absolute atomic E-state index is 14.6. The zero-order valence-electron chi connectivity index (χ0n) is 18.2. The molecule has 0 saturated carbocycles. The molecule has 0 aliphatic heterocycles. The second-order valence-corrected chi connectivity index (χ2v) is 7.78. The largest absolute Gasteiger partial charge is 0.385 e. The van der Waals surface area contributed by atoms with Crippen molar-refractivity contribution >= 4 is 10.8 Å². The normalized spacial score (nSPS) is 10.9. The van der Waals surface area contributed by atoms with E-state index in [1.54, 1.807) is 31.4 Å². The first-order valence-electron chi connectivity index (χ1n) is 10.5. The fraction of sp³-hybridized carbons (Fsp3) is 0.143. The molecule has 0 radical (unpaired) electrons. The summed E-state index contributed by atoms with van der Waals surface area (Å²) in [5, 5.41) is 0.151. The first-order valence-corrected chi connectivity index (χ1v) is 10.5. The van der Waals surface area contributed by atoms with Crippen molar-refractivity contribution in [1.29, 1.82) is 0 Å². The van der Waals surface area contributed by atoms with Crippen LogP contribution in [0.3, 0.4) is 0 Å². The Morgan fingerprint density at radius 3 is 2.03 bits per heavy atom. The Hall–Kier alpha value is -3.69. The molecule has 0 spiro atoms. The summed E-state index contributed by atoms with van der Waals surface area (Å²) in [5.41, 5.74) is 1.89. The van der Waals surface area contributed by atoms with Gasteiger partial charge in [-0.2, -0.15) is 0 Å². The Bertz CT molecular complexity index is 1390. The van der Waals surface area contributed by atoms with Crippen LogP contribution in [0.2, 0.25) is 0 Å². The number of rotatable bonds is 5. The summed E-state index contributed by atoms with van der Waals surface area (Å²) in [6, 6.07) is 14.3. The van der Waals surface area contributed by atoms with E-state index in [0.717, 1.165) is 6.07 Å². The summed E-state index contributed by atoms with van der Waals surface area (Å²) >= 11 is 0. The number of benzene rings is 4. The number of halogens is 5. The standard InChI is InChI=1S/C28H19F5O/c1-34-12-2-3-19-14-23(29)26(24(30)15-19)20-9-6-17(7-10-20)4-5-18-8-11-22-21(13-18)16-25(31)28(33)27(22)32/h6-11,13-16H,2-3,12H2,1H3. The highest BCUT2D eigenvalue weighted by molar-refractivity contribution is 5.84. The summed E-state index contributed by atoms with van der Waals surface area (Å²) in [6.45, 7) is 0.513. The maximum atomic E-state index is 14.6. The van der Waals surface area contributed by atoms with Gasteiger partial charge >= 0.3 is 0 Å². The highest BCUT2D eigenvalue weighted by atomic mass is 19.2. The van der Waals surface area contributed by atoms with Gasteiger partial charge < -0.3 is 4.74 Å². The Kier molecular flexibility index (Phi) is 6.95. The molecule has 0 N–H and O–H groups in total. The number of hydrogen-bond acceptors (Lipinski definition) is 1. The van der Waals surface area contributed by atoms with E-state index in [0.29, 0.717) is 41.7 Å². The van der Waals surface area contributed by atoms with Crippen LogP contribution >= 0.6 is 0 Å². The Balaban J connectivity index is 1.56. The van der Waals surface area contributed by atoms with Crippen molar-refractivity contribution in [3.05, 3.63) is 106 Å². The number of aryl methyl sites for hydroxylation is 1. The SMILES string of the molecule is COCCCc1cc(F)c(-c2ccc(C#Cc3ccc4c(F)c(F)c(F)cc4c3)cc2)c(F)c1. The number of methoxy groups -OCH3 is 1. The molecule has 0 aromatic heterocycles. The summed E-state index contributed by atoms with van der Waals surface area (Å²) in [4.78, 5) is 0. The first-order chi connectivity index (χ1) is 16.4. The molecule has 172 valence electrons. The molecule has 1 nitrogen and oxygen atoms in total. The van der Waals surface area contributed by atoms with Gasteiger partial charge in [-0.05, 0) is 71.8 Å². The minimum Gasteiger partial charge on any atom is -0.385 e. The van der Waals surface area contributed by atoms with Crippen molar-refractivity contribution in [2.24, 2.45) is 0 Å². The molecule has 4 rings (SSSR count). The molecule has 34 heavy (non-hydrogen) atoms. The van der Waals surface area contributed by atoms with Gasteiger partial charge in [0.15, 0.2) is 17.5 Å². The van der Waals surface area contributed by atoms with Crippen LogP contribution in [-0.2, 0) is 11.2 Å². The lowest BCUT2D eigenvalue weighted by Crippen LogP contribution is -1.97. The maximum Gasteiger partial charge on any atom is 0.195 e. The lowest BCUT2D eigenvalue weighted by atomic mass is 9.99. The van der Waals surface area contributed by atoms with Crippen molar-refractivity contribution in [3.8, 4) is 23.0 Å². The molecule has 0 unspecified atom stereocenters. The molecular formula is C28H19F5O. The van der Waals surface area contributed by atoms with Gasteiger partial charge in [0.05, 0.1) is 5.56 Å². The zero-order valence-corrected chi connectivity index (χ0v) is 18.2. The van der Waals surface area contributed by atoms with Crippen LogP contribution in [0.15, 0.2) is 60.7 Å². The second-order valence-electron chi connectivity index (χ2n) is 7.78. The summed E-state index contributed by atoms with van der Waals surface area (Å²) in [7, 11) is 1.57. The fourth-order valence-electron chi connectivity index (χ4n) is 3.71. The molecule has 6 heteroatoms. The Labute approximate surface area is 193 Å². The molecule has 0 amide bonds. The van der Waals surface area contributed by atoms with Gasteiger partial charge in [-0.15, -0.1) is 0 Å². The van der Waals surface area contributed by atoms with Gasteiger partial charge in [-0.25, -0.2) is 22.0 Å². The van der Waals surface area contributed by atoms with Crippen molar-refractivity contribution in [2.45, 2.75) is 12.8 Å². The Morgan fingerprint density at radius 1 is 0.706 bits per heavy atom. The molecule has 0 saturated heterocycles. The number of fused-ring (bicyclic) bond motifs is 1. The zero-order chi connectivity index (χ0) is 24.2. The highest BCUT2D eigenvalue weighted by Gasteiger charge is 2.14. The first kappa shape index (κ1) is 23.5. The second kappa shape index (κ2) is 10.1. The third-order valence-electron chi connectivity index (χ3n) is 5.41. The van der Waals surface area contributed by atoms with Crippen LogP contribution in [0.25, 0.3) is 21.9 Å². The average Bonchev–Trinajstić information content (AvgIpc) is 2.82. The van der Waals surface area contributed by atoms with Crippen molar-refractivity contribution in [1.82, 2.24) is 0 Å². The molecule has 4 aromatic rings. The predicted octanol–water partition coefficient (Wildman–Crippen LogP) is 7.18. The van der Waals surface area contributed by atoms with E-state index in [2.05, 4.69) is 11.8 Å². The molecule has 0 aliphatic carbocycles. The number of ether oxygens (including phenoxy) is 1. The van der Waals surface area contributed by atoms with Crippen LogP contribution in [-0.4, -0.2) is 13.7 Å². The van der Waals surface area contributed by atoms with E-state index in [1.807, 2.05) is 0 Å². The summed E-state index contributed by atoms with van der Waals surface area (Å²) < 4.78 is 74.9. The smallest absolute Gasteiger partial charge is 0.195 e. The van der Waals surface area contributed by atoms with Gasteiger partial charge in [0.1, 0.15) is 11.6 Å². The van der Waals surface area contributed by atoms with E-state index in [1.165, 1.54) is 30.3 Å².